The van der Waals surface area contributed by atoms with Gasteiger partial charge in [-0.15, -0.1) is 0 Å². The van der Waals surface area contributed by atoms with Crippen LogP contribution in [0.4, 0.5) is 5.82 Å². The van der Waals surface area contributed by atoms with Crippen molar-refractivity contribution in [3.8, 4) is 6.07 Å². The molecule has 0 unspecified atom stereocenters. The van der Waals surface area contributed by atoms with Gasteiger partial charge in [-0.3, -0.25) is 0 Å². The number of nitro groups is 1. The Balaban J connectivity index is 3.19. The van der Waals surface area contributed by atoms with Gasteiger partial charge < -0.3 is 10.1 Å². The zero-order chi connectivity index (χ0) is 14.6. The standard InChI is InChI=1S/C10H12N4O4S/c1-8(2)13(6-5-11)19(17,18)9-3-4-10(12-7-9)14(15)16/h3-4,7-8H,6H2,1-2H3. The van der Waals surface area contributed by atoms with E-state index in [9.17, 15) is 18.5 Å². The van der Waals surface area contributed by atoms with E-state index in [1.54, 1.807) is 19.9 Å². The maximum atomic E-state index is 12.2. The Morgan fingerprint density at radius 1 is 1.53 bits per heavy atom. The van der Waals surface area contributed by atoms with E-state index in [-0.39, 0.29) is 11.4 Å². The predicted octanol–water partition coefficient (Wildman–Crippen LogP) is 0.912. The van der Waals surface area contributed by atoms with Crippen molar-refractivity contribution in [1.82, 2.24) is 9.29 Å². The molecule has 0 atom stereocenters. The summed E-state index contributed by atoms with van der Waals surface area (Å²) in [6, 6.07) is 3.49. The summed E-state index contributed by atoms with van der Waals surface area (Å²) in [6.45, 7) is 2.97. The summed E-state index contributed by atoms with van der Waals surface area (Å²) in [7, 11) is -3.88. The lowest BCUT2D eigenvalue weighted by molar-refractivity contribution is -0.389. The summed E-state index contributed by atoms with van der Waals surface area (Å²) in [5.74, 6) is -0.435. The Labute approximate surface area is 110 Å². The van der Waals surface area contributed by atoms with Crippen molar-refractivity contribution in [3.05, 3.63) is 28.4 Å². The molecule has 0 aromatic carbocycles. The maximum absolute atomic E-state index is 12.2. The lowest BCUT2D eigenvalue weighted by Crippen LogP contribution is -2.37. The van der Waals surface area contributed by atoms with Gasteiger partial charge in [0.05, 0.1) is 6.07 Å². The quantitative estimate of drug-likeness (QED) is 0.450. The molecule has 0 fully saturated rings. The Kier molecular flexibility index (Phi) is 4.52. The Morgan fingerprint density at radius 2 is 2.16 bits per heavy atom. The molecule has 102 valence electrons. The molecule has 19 heavy (non-hydrogen) atoms. The van der Waals surface area contributed by atoms with Gasteiger partial charge >= 0.3 is 5.82 Å². The Morgan fingerprint density at radius 3 is 2.53 bits per heavy atom. The van der Waals surface area contributed by atoms with E-state index in [2.05, 4.69) is 4.98 Å². The van der Waals surface area contributed by atoms with Crippen LogP contribution in [0, 0.1) is 21.4 Å². The predicted molar refractivity (Wildman–Crippen MR) is 65.5 cm³/mol. The molecule has 9 heteroatoms. The van der Waals surface area contributed by atoms with Gasteiger partial charge in [0, 0.05) is 12.1 Å². The van der Waals surface area contributed by atoms with Gasteiger partial charge in [0.2, 0.25) is 10.0 Å². The minimum atomic E-state index is -3.88. The number of hydrogen-bond donors (Lipinski definition) is 0. The molecule has 0 saturated heterocycles. The number of rotatable bonds is 5. The topological polar surface area (TPSA) is 117 Å². The smallest absolute Gasteiger partial charge is 0.358 e. The summed E-state index contributed by atoms with van der Waals surface area (Å²) >= 11 is 0. The lowest BCUT2D eigenvalue weighted by atomic mass is 10.4. The fourth-order valence-corrected chi connectivity index (χ4v) is 2.86. The van der Waals surface area contributed by atoms with Gasteiger partial charge in [-0.25, -0.2) is 8.42 Å². The molecule has 0 bridgehead atoms. The highest BCUT2D eigenvalue weighted by atomic mass is 32.2. The van der Waals surface area contributed by atoms with E-state index in [1.807, 2.05) is 0 Å². The van der Waals surface area contributed by atoms with Gasteiger partial charge in [0.15, 0.2) is 6.20 Å². The first kappa shape index (κ1) is 15.0. The van der Waals surface area contributed by atoms with Crippen molar-refractivity contribution in [1.29, 1.82) is 5.26 Å². The summed E-state index contributed by atoms with van der Waals surface area (Å²) in [4.78, 5) is 13.0. The van der Waals surface area contributed by atoms with Crippen LogP contribution in [0.2, 0.25) is 0 Å². The first-order chi connectivity index (χ1) is 8.80. The molecule has 0 radical (unpaired) electrons. The minimum absolute atomic E-state index is 0.179. The molecule has 0 aliphatic heterocycles. The Bertz CT molecular complexity index is 603. The molecule has 0 aliphatic rings. The summed E-state index contributed by atoms with van der Waals surface area (Å²) < 4.78 is 25.4. The van der Waals surface area contributed by atoms with E-state index in [1.165, 1.54) is 0 Å². The third kappa shape index (κ3) is 3.24. The maximum Gasteiger partial charge on any atom is 0.363 e. The summed E-state index contributed by atoms with van der Waals surface area (Å²) in [6.07, 6.45) is 0.917. The van der Waals surface area contributed by atoms with Crippen LogP contribution in [0.1, 0.15) is 13.8 Å². The first-order valence-corrected chi connectivity index (χ1v) is 6.74. The van der Waals surface area contributed by atoms with Crippen molar-refractivity contribution < 1.29 is 13.3 Å². The van der Waals surface area contributed by atoms with Gasteiger partial charge in [0.1, 0.15) is 11.4 Å². The molecule has 0 spiro atoms. The second kappa shape index (κ2) is 5.73. The van der Waals surface area contributed by atoms with Crippen LogP contribution in [0.25, 0.3) is 0 Å². The summed E-state index contributed by atoms with van der Waals surface area (Å²) in [5.41, 5.74) is 0. The van der Waals surface area contributed by atoms with E-state index in [0.29, 0.717) is 0 Å². The highest BCUT2D eigenvalue weighted by Gasteiger charge is 2.28. The summed E-state index contributed by atoms with van der Waals surface area (Å²) in [5, 5.41) is 19.1. The molecule has 1 aromatic rings. The average Bonchev–Trinajstić information content (AvgIpc) is 2.35. The van der Waals surface area contributed by atoms with Gasteiger partial charge in [-0.1, -0.05) is 0 Å². The minimum Gasteiger partial charge on any atom is -0.358 e. The van der Waals surface area contributed by atoms with Crippen LogP contribution in [-0.4, -0.2) is 35.2 Å². The third-order valence-corrected chi connectivity index (χ3v) is 4.32. The number of nitriles is 1. The van der Waals surface area contributed by atoms with Gasteiger partial charge in [0.25, 0.3) is 0 Å². The number of hydrogen-bond acceptors (Lipinski definition) is 6. The van der Waals surface area contributed by atoms with Crippen LogP contribution in [0.3, 0.4) is 0 Å². The van der Waals surface area contributed by atoms with Crippen LogP contribution < -0.4 is 0 Å². The average molecular weight is 284 g/mol. The van der Waals surface area contributed by atoms with E-state index >= 15 is 0 Å². The van der Waals surface area contributed by atoms with Gasteiger partial charge in [-0.2, -0.15) is 9.57 Å². The van der Waals surface area contributed by atoms with Gasteiger partial charge in [-0.05, 0) is 29.8 Å². The van der Waals surface area contributed by atoms with Crippen LogP contribution >= 0.6 is 0 Å². The van der Waals surface area contributed by atoms with Crippen molar-refractivity contribution in [2.24, 2.45) is 0 Å². The Hall–Kier alpha value is -2.05. The van der Waals surface area contributed by atoms with Crippen LogP contribution in [0.5, 0.6) is 0 Å². The van der Waals surface area contributed by atoms with Crippen molar-refractivity contribution in [2.45, 2.75) is 24.8 Å². The fourth-order valence-electron chi connectivity index (χ4n) is 1.38. The van der Waals surface area contributed by atoms with E-state index in [4.69, 9.17) is 5.26 Å². The van der Waals surface area contributed by atoms with Crippen molar-refractivity contribution >= 4 is 15.8 Å². The molecule has 0 aliphatic carbocycles. The highest BCUT2D eigenvalue weighted by molar-refractivity contribution is 7.89. The number of aromatic nitrogens is 1. The molecule has 1 rings (SSSR count). The molecular formula is C10H12N4O4S. The molecule has 1 aromatic heterocycles. The third-order valence-electron chi connectivity index (χ3n) is 2.32. The van der Waals surface area contributed by atoms with Crippen molar-refractivity contribution in [3.63, 3.8) is 0 Å². The second-order valence-corrected chi connectivity index (χ2v) is 5.80. The molecule has 1 heterocycles. The van der Waals surface area contributed by atoms with Crippen LogP contribution in [-0.2, 0) is 10.0 Å². The number of pyridine rings is 1. The fraction of sp³-hybridized carbons (Fsp3) is 0.400. The monoisotopic (exact) mass is 284 g/mol. The molecule has 0 amide bonds. The SMILES string of the molecule is CC(C)N(CC#N)S(=O)(=O)c1ccc([N+](=O)[O-])nc1. The molecule has 8 nitrogen and oxygen atoms in total. The first-order valence-electron chi connectivity index (χ1n) is 5.30. The number of sulfonamides is 1. The second-order valence-electron chi connectivity index (χ2n) is 3.91. The number of nitrogens with zero attached hydrogens (tertiary/aromatic N) is 4. The molecule has 0 saturated carbocycles. The van der Waals surface area contributed by atoms with Crippen molar-refractivity contribution in [2.75, 3.05) is 6.54 Å². The lowest BCUT2D eigenvalue weighted by Gasteiger charge is -2.22. The zero-order valence-corrected chi connectivity index (χ0v) is 11.2. The van der Waals surface area contributed by atoms with Crippen LogP contribution in [0.15, 0.2) is 23.2 Å². The largest absolute Gasteiger partial charge is 0.363 e. The van der Waals surface area contributed by atoms with E-state index in [0.717, 1.165) is 22.6 Å². The molecule has 0 N–H and O–H groups in total. The zero-order valence-electron chi connectivity index (χ0n) is 10.3. The normalized spacial score (nSPS) is 11.5. The molecular weight excluding hydrogens is 272 g/mol. The van der Waals surface area contributed by atoms with E-state index < -0.39 is 26.8 Å². The highest BCUT2D eigenvalue weighted by Crippen LogP contribution is 2.18.